The van der Waals surface area contributed by atoms with Gasteiger partial charge in [-0.3, -0.25) is 0 Å². The zero-order chi connectivity index (χ0) is 23.1. The Morgan fingerprint density at radius 3 is 2.33 bits per heavy atom. The average Bonchev–Trinajstić information content (AvgIpc) is 2.53. The molecule has 1 aromatic carbocycles. The molecule has 0 spiro atoms. The molecule has 8 nitrogen and oxygen atoms in total. The van der Waals surface area contributed by atoms with E-state index in [9.17, 15) is 19.5 Å². The lowest BCUT2D eigenvalue weighted by Crippen LogP contribution is -2.44. The topological polar surface area (TPSA) is 111 Å². The number of ether oxygens (including phenoxy) is 3. The van der Waals surface area contributed by atoms with Gasteiger partial charge in [-0.25, -0.2) is 14.4 Å². The second-order valence-corrected chi connectivity index (χ2v) is 15.8. The van der Waals surface area contributed by atoms with Crippen LogP contribution in [0.1, 0.15) is 26.3 Å². The minimum absolute atomic E-state index is 0.0471. The van der Waals surface area contributed by atoms with Gasteiger partial charge in [-0.05, 0) is 67.1 Å². The first-order chi connectivity index (χ1) is 13.7. The van der Waals surface area contributed by atoms with Crippen LogP contribution in [0.15, 0.2) is 18.2 Å². The Kier molecular flexibility index (Phi) is 9.60. The number of hydrogen-bond donors (Lipinski definition) is 2. The van der Waals surface area contributed by atoms with Gasteiger partial charge in [0.1, 0.15) is 17.4 Å². The van der Waals surface area contributed by atoms with Crippen LogP contribution in [0.25, 0.3) is 0 Å². The molecule has 0 radical (unpaired) electrons. The maximum absolute atomic E-state index is 11.9. The van der Waals surface area contributed by atoms with Crippen LogP contribution in [0.2, 0.25) is 25.7 Å². The lowest BCUT2D eigenvalue weighted by atomic mass is 10.1. The minimum atomic E-state index is -1.31. The predicted octanol–water partition coefficient (Wildman–Crippen LogP) is 4.67. The molecule has 0 aromatic heterocycles. The van der Waals surface area contributed by atoms with E-state index < -0.39 is 37.9 Å². The zero-order valence-corrected chi connectivity index (χ0v) is 21.4. The minimum Gasteiger partial charge on any atom is -0.480 e. The average molecular weight is 551 g/mol. The van der Waals surface area contributed by atoms with Crippen molar-refractivity contribution in [2.24, 2.45) is 0 Å². The summed E-state index contributed by atoms with van der Waals surface area (Å²) in [5, 5.41) is 11.8. The molecule has 0 aliphatic rings. The molecule has 1 atom stereocenters. The Balaban J connectivity index is 2.71. The van der Waals surface area contributed by atoms with Crippen LogP contribution in [0.3, 0.4) is 0 Å². The summed E-state index contributed by atoms with van der Waals surface area (Å²) in [6, 6.07) is 4.59. The summed E-state index contributed by atoms with van der Waals surface area (Å²) < 4.78 is 16.1. The molecule has 0 bridgehead atoms. The monoisotopic (exact) mass is 551 g/mol. The molecule has 1 aromatic rings. The molecule has 0 aliphatic heterocycles. The van der Waals surface area contributed by atoms with Crippen LogP contribution >= 0.6 is 22.6 Å². The fourth-order valence-corrected chi connectivity index (χ4v) is 3.60. The number of halogens is 1. The highest BCUT2D eigenvalue weighted by Crippen LogP contribution is 2.23. The molecule has 0 unspecified atom stereocenters. The summed E-state index contributed by atoms with van der Waals surface area (Å²) in [4.78, 5) is 35.3. The van der Waals surface area contributed by atoms with Crippen molar-refractivity contribution in [3.05, 3.63) is 27.3 Å². The fraction of sp³-hybridized carbons (Fsp3) is 0.550. The molecule has 2 N–H and O–H groups in total. The molecule has 0 saturated carbocycles. The molecule has 30 heavy (non-hydrogen) atoms. The van der Waals surface area contributed by atoms with E-state index in [1.165, 1.54) is 0 Å². The second-order valence-electron chi connectivity index (χ2n) is 9.02. The Morgan fingerprint density at radius 1 is 1.20 bits per heavy atom. The summed E-state index contributed by atoms with van der Waals surface area (Å²) in [5.41, 5.74) is -0.0761. The number of carboxylic acid groups (broad SMARTS) is 1. The van der Waals surface area contributed by atoms with Crippen molar-refractivity contribution in [1.82, 2.24) is 5.32 Å². The molecule has 0 aliphatic carbocycles. The van der Waals surface area contributed by atoms with Crippen molar-refractivity contribution in [1.29, 1.82) is 0 Å². The Hall–Kier alpha value is -1.82. The summed E-state index contributed by atoms with van der Waals surface area (Å²) in [5.74, 6) is -0.855. The van der Waals surface area contributed by atoms with Crippen molar-refractivity contribution < 1.29 is 33.7 Å². The molecule has 10 heteroatoms. The number of aliphatic carboxylic acids is 1. The van der Waals surface area contributed by atoms with Gasteiger partial charge in [0.15, 0.2) is 0 Å². The van der Waals surface area contributed by atoms with Gasteiger partial charge >= 0.3 is 18.2 Å². The maximum atomic E-state index is 11.9. The van der Waals surface area contributed by atoms with Crippen molar-refractivity contribution in [2.45, 2.75) is 64.5 Å². The summed E-state index contributed by atoms with van der Waals surface area (Å²) in [7, 11) is -1.31. The predicted molar refractivity (Wildman–Crippen MR) is 124 cm³/mol. The third-order valence-electron chi connectivity index (χ3n) is 3.69. The van der Waals surface area contributed by atoms with E-state index in [-0.39, 0.29) is 6.42 Å². The third-order valence-corrected chi connectivity index (χ3v) is 6.24. The van der Waals surface area contributed by atoms with Crippen LogP contribution < -0.4 is 10.1 Å². The highest BCUT2D eigenvalue weighted by Gasteiger charge is 2.24. The molecule has 0 saturated heterocycles. The Morgan fingerprint density at radius 2 is 1.83 bits per heavy atom. The van der Waals surface area contributed by atoms with Crippen LogP contribution in [0, 0.1) is 3.57 Å². The molecule has 1 amide bonds. The smallest absolute Gasteiger partial charge is 0.480 e. The number of carboxylic acids is 1. The first kappa shape index (κ1) is 26.2. The van der Waals surface area contributed by atoms with Gasteiger partial charge in [-0.15, -0.1) is 0 Å². The molecular formula is C20H30INO7Si. The number of hydrogen-bond acceptors (Lipinski definition) is 6. The number of carbonyl (C=O) groups excluding carboxylic acids is 2. The van der Waals surface area contributed by atoms with E-state index in [2.05, 4.69) is 25.0 Å². The molecule has 0 heterocycles. The van der Waals surface area contributed by atoms with E-state index in [1.54, 1.807) is 39.0 Å². The van der Waals surface area contributed by atoms with Crippen LogP contribution in [-0.4, -0.2) is 49.6 Å². The zero-order valence-electron chi connectivity index (χ0n) is 18.2. The van der Waals surface area contributed by atoms with E-state index in [0.29, 0.717) is 21.5 Å². The molecular weight excluding hydrogens is 521 g/mol. The second kappa shape index (κ2) is 11.0. The summed E-state index contributed by atoms with van der Waals surface area (Å²) in [6.45, 7) is 12.0. The van der Waals surface area contributed by atoms with Crippen LogP contribution in [-0.2, 0) is 20.7 Å². The quantitative estimate of drug-likeness (QED) is 0.209. The normalized spacial score (nSPS) is 12.6. The number of nitrogens with one attached hydrogen (secondary N) is 1. The van der Waals surface area contributed by atoms with Gasteiger partial charge in [0.05, 0.1) is 10.2 Å². The van der Waals surface area contributed by atoms with Gasteiger partial charge in [0, 0.05) is 14.5 Å². The highest BCUT2D eigenvalue weighted by molar-refractivity contribution is 14.1. The lowest BCUT2D eigenvalue weighted by molar-refractivity contribution is -0.139. The summed E-state index contributed by atoms with van der Waals surface area (Å²) in [6.07, 6.45) is -1.52. The van der Waals surface area contributed by atoms with Gasteiger partial charge < -0.3 is 24.6 Å². The van der Waals surface area contributed by atoms with Gasteiger partial charge in [-0.1, -0.05) is 25.7 Å². The number of alkyl carbamates (subject to hydrolysis) is 1. The van der Waals surface area contributed by atoms with Crippen LogP contribution in [0.5, 0.6) is 5.75 Å². The van der Waals surface area contributed by atoms with Gasteiger partial charge in [-0.2, -0.15) is 0 Å². The third kappa shape index (κ3) is 10.8. The van der Waals surface area contributed by atoms with Crippen molar-refractivity contribution in [2.75, 3.05) is 6.61 Å². The van der Waals surface area contributed by atoms with Crippen molar-refractivity contribution >= 4 is 48.9 Å². The molecule has 0 fully saturated rings. The van der Waals surface area contributed by atoms with E-state index in [1.807, 2.05) is 22.6 Å². The standard InChI is InChI=1S/C20H30INO7Si/c1-20(2,3)29-18(25)22-15(17(23)24)12-13-7-8-16(14(21)11-13)28-19(26)27-9-10-30(4,5)6/h7-8,11,15H,9-10,12H2,1-6H3,(H,22,25)(H,23,24)/t15-/m0/s1. The van der Waals surface area contributed by atoms with Crippen molar-refractivity contribution in [3.63, 3.8) is 0 Å². The first-order valence-corrected chi connectivity index (χ1v) is 14.3. The van der Waals surface area contributed by atoms with Crippen molar-refractivity contribution in [3.8, 4) is 5.75 Å². The van der Waals surface area contributed by atoms with E-state index >= 15 is 0 Å². The van der Waals surface area contributed by atoms with E-state index in [0.717, 1.165) is 6.04 Å². The number of benzene rings is 1. The van der Waals surface area contributed by atoms with E-state index in [4.69, 9.17) is 14.2 Å². The fourth-order valence-electron chi connectivity index (χ4n) is 2.20. The maximum Gasteiger partial charge on any atom is 0.513 e. The highest BCUT2D eigenvalue weighted by atomic mass is 127. The molecule has 1 rings (SSSR count). The SMILES string of the molecule is CC(C)(C)OC(=O)N[C@@H](Cc1ccc(OC(=O)OCC[Si](C)(C)C)c(I)c1)C(=O)O. The van der Waals surface area contributed by atoms with Gasteiger partial charge in [0.25, 0.3) is 0 Å². The molecule has 168 valence electrons. The number of carbonyl (C=O) groups is 3. The van der Waals surface area contributed by atoms with Crippen LogP contribution in [0.4, 0.5) is 9.59 Å². The Bertz CT molecular complexity index is 771. The lowest BCUT2D eigenvalue weighted by Gasteiger charge is -2.22. The Labute approximate surface area is 191 Å². The van der Waals surface area contributed by atoms with Gasteiger partial charge in [0.2, 0.25) is 0 Å². The summed E-state index contributed by atoms with van der Waals surface area (Å²) >= 11 is 1.99. The number of rotatable bonds is 8. The number of amides is 1. The first-order valence-electron chi connectivity index (χ1n) is 9.51. The largest absolute Gasteiger partial charge is 0.513 e.